The molecule has 32 heavy (non-hydrogen) atoms. The Hall–Kier alpha value is -4.30. The van der Waals surface area contributed by atoms with E-state index in [2.05, 4.69) is 72.8 Å². The maximum atomic E-state index is 9.35. The molecule has 0 saturated heterocycles. The number of aromatic hydroxyl groups is 2. The largest absolute Gasteiger partial charge is 0.508 e. The lowest BCUT2D eigenvalue weighted by Gasteiger charge is -1.99. The van der Waals surface area contributed by atoms with Gasteiger partial charge >= 0.3 is 0 Å². The van der Waals surface area contributed by atoms with Crippen LogP contribution in [0.1, 0.15) is 33.4 Å². The molecular formula is C30H24O2. The van der Waals surface area contributed by atoms with E-state index in [0.29, 0.717) is 0 Å². The van der Waals surface area contributed by atoms with E-state index in [0.717, 1.165) is 33.4 Å². The minimum atomic E-state index is 0.276. The van der Waals surface area contributed by atoms with Crippen LogP contribution in [0.25, 0.3) is 36.5 Å². The minimum Gasteiger partial charge on any atom is -0.508 e. The highest BCUT2D eigenvalue weighted by Gasteiger charge is 1.93. The van der Waals surface area contributed by atoms with Gasteiger partial charge in [0.25, 0.3) is 0 Å². The van der Waals surface area contributed by atoms with E-state index in [1.807, 2.05) is 36.4 Å². The summed E-state index contributed by atoms with van der Waals surface area (Å²) in [6.45, 7) is 0. The van der Waals surface area contributed by atoms with E-state index in [9.17, 15) is 10.2 Å². The van der Waals surface area contributed by atoms with E-state index in [4.69, 9.17) is 0 Å². The van der Waals surface area contributed by atoms with Crippen LogP contribution in [0.2, 0.25) is 0 Å². The van der Waals surface area contributed by atoms with Gasteiger partial charge in [-0.15, -0.1) is 0 Å². The number of phenolic OH excluding ortho intramolecular Hbond substituents is 2. The summed E-state index contributed by atoms with van der Waals surface area (Å²) in [5, 5.41) is 18.7. The molecule has 0 atom stereocenters. The first-order valence-corrected chi connectivity index (χ1v) is 10.5. The summed E-state index contributed by atoms with van der Waals surface area (Å²) in [5.41, 5.74) is 6.63. The third-order valence-corrected chi connectivity index (χ3v) is 5.06. The molecule has 0 heterocycles. The first-order chi connectivity index (χ1) is 15.6. The number of rotatable bonds is 6. The molecule has 0 bridgehead atoms. The number of benzene rings is 4. The van der Waals surface area contributed by atoms with Gasteiger partial charge in [-0.1, -0.05) is 109 Å². The van der Waals surface area contributed by atoms with E-state index in [1.165, 1.54) is 0 Å². The van der Waals surface area contributed by atoms with Crippen molar-refractivity contribution >= 4 is 36.5 Å². The van der Waals surface area contributed by atoms with E-state index < -0.39 is 0 Å². The van der Waals surface area contributed by atoms with Crippen LogP contribution in [0.4, 0.5) is 0 Å². The van der Waals surface area contributed by atoms with Crippen LogP contribution in [-0.2, 0) is 0 Å². The second kappa shape index (κ2) is 10.1. The zero-order valence-corrected chi connectivity index (χ0v) is 17.6. The molecule has 0 aliphatic heterocycles. The molecule has 0 unspecified atom stereocenters. The molecule has 4 aromatic carbocycles. The van der Waals surface area contributed by atoms with Crippen molar-refractivity contribution in [2.24, 2.45) is 0 Å². The minimum absolute atomic E-state index is 0.276. The van der Waals surface area contributed by atoms with Crippen molar-refractivity contribution in [1.29, 1.82) is 0 Å². The highest BCUT2D eigenvalue weighted by atomic mass is 16.3. The summed E-state index contributed by atoms with van der Waals surface area (Å²) >= 11 is 0. The summed E-state index contributed by atoms with van der Waals surface area (Å²) < 4.78 is 0. The predicted octanol–water partition coefficient (Wildman–Crippen LogP) is 7.61. The maximum absolute atomic E-state index is 9.35. The Morgan fingerprint density at radius 3 is 0.625 bits per heavy atom. The molecule has 0 aliphatic rings. The third-order valence-electron chi connectivity index (χ3n) is 5.06. The van der Waals surface area contributed by atoms with Gasteiger partial charge < -0.3 is 10.2 Å². The second-order valence-electron chi connectivity index (χ2n) is 7.52. The summed E-state index contributed by atoms with van der Waals surface area (Å²) in [4.78, 5) is 0. The maximum Gasteiger partial charge on any atom is 0.115 e. The highest BCUT2D eigenvalue weighted by Crippen LogP contribution is 2.16. The topological polar surface area (TPSA) is 40.5 Å². The zero-order chi connectivity index (χ0) is 22.2. The van der Waals surface area contributed by atoms with Gasteiger partial charge in [0.2, 0.25) is 0 Å². The van der Waals surface area contributed by atoms with Crippen LogP contribution in [0.15, 0.2) is 97.1 Å². The van der Waals surface area contributed by atoms with Gasteiger partial charge in [-0.2, -0.15) is 0 Å². The molecule has 0 fully saturated rings. The molecule has 0 saturated carbocycles. The van der Waals surface area contributed by atoms with Gasteiger partial charge in [0.1, 0.15) is 11.5 Å². The molecule has 0 aliphatic carbocycles. The highest BCUT2D eigenvalue weighted by molar-refractivity contribution is 5.74. The molecule has 2 heteroatoms. The fourth-order valence-corrected chi connectivity index (χ4v) is 3.18. The Morgan fingerprint density at radius 1 is 0.281 bits per heavy atom. The lowest BCUT2D eigenvalue weighted by atomic mass is 10.1. The first kappa shape index (κ1) is 21.0. The van der Waals surface area contributed by atoms with Crippen LogP contribution in [0.3, 0.4) is 0 Å². The monoisotopic (exact) mass is 416 g/mol. The lowest BCUT2D eigenvalue weighted by molar-refractivity contribution is 0.474. The Morgan fingerprint density at radius 2 is 0.438 bits per heavy atom. The fraction of sp³-hybridized carbons (Fsp3) is 0. The fourth-order valence-electron chi connectivity index (χ4n) is 3.18. The van der Waals surface area contributed by atoms with Crippen molar-refractivity contribution in [2.45, 2.75) is 0 Å². The van der Waals surface area contributed by atoms with E-state index >= 15 is 0 Å². The molecule has 2 nitrogen and oxygen atoms in total. The van der Waals surface area contributed by atoms with Crippen molar-refractivity contribution in [2.75, 3.05) is 0 Å². The number of hydrogen-bond donors (Lipinski definition) is 2. The lowest BCUT2D eigenvalue weighted by Crippen LogP contribution is -1.77. The Bertz CT molecular complexity index is 1130. The van der Waals surface area contributed by atoms with Crippen molar-refractivity contribution < 1.29 is 10.2 Å². The standard InChI is InChI=1S/C30H24O2/c31-29-19-15-27(16-20-29)13-11-25-7-3-23(4-8-25)1-2-24-5-9-26(10-6-24)12-14-28-17-21-30(32)22-18-28/h1-22,31-32H. The van der Waals surface area contributed by atoms with E-state index in [-0.39, 0.29) is 11.5 Å². The van der Waals surface area contributed by atoms with Crippen molar-refractivity contribution in [3.63, 3.8) is 0 Å². The molecular weight excluding hydrogens is 392 g/mol. The molecule has 0 amide bonds. The second-order valence-corrected chi connectivity index (χ2v) is 7.52. The Balaban J connectivity index is 1.35. The number of hydrogen-bond acceptors (Lipinski definition) is 2. The summed E-state index contributed by atoms with van der Waals surface area (Å²) in [7, 11) is 0. The molecule has 0 radical (unpaired) electrons. The van der Waals surface area contributed by atoms with Crippen LogP contribution in [0.5, 0.6) is 11.5 Å². The van der Waals surface area contributed by atoms with Gasteiger partial charge in [-0.05, 0) is 57.6 Å². The Labute approximate surface area is 188 Å². The van der Waals surface area contributed by atoms with Gasteiger partial charge in [0.15, 0.2) is 0 Å². The summed E-state index contributed by atoms with van der Waals surface area (Å²) in [6, 6.07) is 31.1. The predicted molar refractivity (Wildman–Crippen MR) is 136 cm³/mol. The average Bonchev–Trinajstić information content (AvgIpc) is 2.83. The van der Waals surface area contributed by atoms with Crippen molar-refractivity contribution in [3.05, 3.63) is 130 Å². The van der Waals surface area contributed by atoms with Crippen LogP contribution in [-0.4, -0.2) is 10.2 Å². The zero-order valence-electron chi connectivity index (χ0n) is 17.6. The van der Waals surface area contributed by atoms with Gasteiger partial charge in [-0.25, -0.2) is 0 Å². The Kier molecular flexibility index (Phi) is 6.64. The van der Waals surface area contributed by atoms with Crippen LogP contribution in [0, 0.1) is 0 Å². The smallest absolute Gasteiger partial charge is 0.115 e. The SMILES string of the molecule is Oc1ccc(C=Cc2ccc(C=Cc3ccc(C=Cc4ccc(O)cc4)cc3)cc2)cc1. The molecule has 2 N–H and O–H groups in total. The van der Waals surface area contributed by atoms with Crippen LogP contribution >= 0.6 is 0 Å². The summed E-state index contributed by atoms with van der Waals surface area (Å²) in [5.74, 6) is 0.553. The van der Waals surface area contributed by atoms with Crippen molar-refractivity contribution in [3.8, 4) is 11.5 Å². The number of phenols is 2. The molecule has 0 aromatic heterocycles. The molecule has 156 valence electrons. The normalized spacial score (nSPS) is 11.6. The molecule has 4 rings (SSSR count). The van der Waals surface area contributed by atoms with Crippen molar-refractivity contribution in [1.82, 2.24) is 0 Å². The average molecular weight is 417 g/mol. The van der Waals surface area contributed by atoms with Gasteiger partial charge in [0.05, 0.1) is 0 Å². The molecule has 0 spiro atoms. The summed E-state index contributed by atoms with van der Waals surface area (Å²) in [6.07, 6.45) is 12.4. The first-order valence-electron chi connectivity index (χ1n) is 10.5. The molecule has 4 aromatic rings. The third kappa shape index (κ3) is 6.10. The van der Waals surface area contributed by atoms with Gasteiger partial charge in [-0.3, -0.25) is 0 Å². The van der Waals surface area contributed by atoms with E-state index in [1.54, 1.807) is 24.3 Å². The quantitative estimate of drug-likeness (QED) is 0.318. The van der Waals surface area contributed by atoms with Crippen LogP contribution < -0.4 is 0 Å². The van der Waals surface area contributed by atoms with Gasteiger partial charge in [0, 0.05) is 0 Å².